The van der Waals surface area contributed by atoms with E-state index in [9.17, 15) is 19.2 Å². The maximum absolute atomic E-state index is 12.0. The smallest absolute Gasteiger partial charge is 0.327 e. The third-order valence-corrected chi connectivity index (χ3v) is 4.09. The summed E-state index contributed by atoms with van der Waals surface area (Å²) in [5.41, 5.74) is 0. The molecule has 7 nitrogen and oxygen atoms in total. The second-order valence-electron chi connectivity index (χ2n) is 4.50. The third kappa shape index (κ3) is 4.22. The lowest BCUT2D eigenvalue weighted by atomic mass is 10.3. The number of likely N-dealkylation sites (tertiary alicyclic amines) is 1. The van der Waals surface area contributed by atoms with E-state index in [0.29, 0.717) is 13.0 Å². The van der Waals surface area contributed by atoms with Crippen LogP contribution in [0.1, 0.15) is 26.7 Å². The molecule has 0 aromatic carbocycles. The first kappa shape index (κ1) is 16.5. The van der Waals surface area contributed by atoms with Gasteiger partial charge in [0.2, 0.25) is 17.7 Å². The molecular weight excluding hydrogens is 284 g/mol. The average Bonchev–Trinajstić information content (AvgIpc) is 2.62. The molecule has 0 saturated carbocycles. The van der Waals surface area contributed by atoms with Crippen molar-refractivity contribution < 1.29 is 24.3 Å². The van der Waals surface area contributed by atoms with Crippen LogP contribution in [-0.2, 0) is 19.2 Å². The summed E-state index contributed by atoms with van der Waals surface area (Å²) in [4.78, 5) is 46.7. The molecule has 0 spiro atoms. The molecule has 0 aromatic rings. The molecule has 1 fully saturated rings. The van der Waals surface area contributed by atoms with Crippen LogP contribution in [0.15, 0.2) is 0 Å². The number of imide groups is 1. The molecule has 1 heterocycles. The standard InChI is InChI=1S/C12H18N2O5S/c1-3-4-14-10(16)5-9(11(14)17)20-6-8(12(18)19)13-7(2)15/h8-9H,3-6H2,1-2H3,(H,13,15)(H,18,19). The van der Waals surface area contributed by atoms with Crippen LogP contribution in [-0.4, -0.2) is 57.3 Å². The fraction of sp³-hybridized carbons (Fsp3) is 0.667. The van der Waals surface area contributed by atoms with Crippen molar-refractivity contribution >= 4 is 35.5 Å². The van der Waals surface area contributed by atoms with Gasteiger partial charge in [0.25, 0.3) is 0 Å². The van der Waals surface area contributed by atoms with Gasteiger partial charge in [-0.05, 0) is 6.42 Å². The molecule has 0 bridgehead atoms. The van der Waals surface area contributed by atoms with E-state index in [1.165, 1.54) is 11.8 Å². The number of carbonyl (C=O) groups excluding carboxylic acids is 3. The van der Waals surface area contributed by atoms with Gasteiger partial charge in [0.15, 0.2) is 0 Å². The number of thioether (sulfide) groups is 1. The maximum Gasteiger partial charge on any atom is 0.327 e. The van der Waals surface area contributed by atoms with E-state index in [0.717, 1.165) is 11.8 Å². The molecule has 1 aliphatic heterocycles. The number of hydrogen-bond acceptors (Lipinski definition) is 5. The summed E-state index contributed by atoms with van der Waals surface area (Å²) in [6, 6.07) is -1.05. The number of rotatable bonds is 7. The highest BCUT2D eigenvalue weighted by molar-refractivity contribution is 8.00. The van der Waals surface area contributed by atoms with E-state index in [1.54, 1.807) is 0 Å². The molecule has 3 amide bonds. The van der Waals surface area contributed by atoms with Crippen molar-refractivity contribution in [2.24, 2.45) is 0 Å². The molecule has 1 aliphatic rings. The van der Waals surface area contributed by atoms with E-state index < -0.39 is 23.2 Å². The summed E-state index contributed by atoms with van der Waals surface area (Å²) in [5, 5.41) is 10.7. The summed E-state index contributed by atoms with van der Waals surface area (Å²) >= 11 is 1.10. The second-order valence-corrected chi connectivity index (χ2v) is 5.74. The Morgan fingerprint density at radius 3 is 2.65 bits per heavy atom. The highest BCUT2D eigenvalue weighted by Gasteiger charge is 2.38. The van der Waals surface area contributed by atoms with Crippen LogP contribution in [0.5, 0.6) is 0 Å². The lowest BCUT2D eigenvalue weighted by Crippen LogP contribution is -2.42. The van der Waals surface area contributed by atoms with Gasteiger partial charge < -0.3 is 10.4 Å². The van der Waals surface area contributed by atoms with Crippen molar-refractivity contribution in [1.29, 1.82) is 0 Å². The first-order chi connectivity index (χ1) is 9.36. The van der Waals surface area contributed by atoms with Gasteiger partial charge in [0, 0.05) is 25.6 Å². The van der Waals surface area contributed by atoms with E-state index in [2.05, 4.69) is 5.32 Å². The van der Waals surface area contributed by atoms with Crippen LogP contribution >= 0.6 is 11.8 Å². The Labute approximate surface area is 121 Å². The quantitative estimate of drug-likeness (QED) is 0.634. The number of carboxylic acid groups (broad SMARTS) is 1. The molecule has 1 saturated heterocycles. The molecule has 112 valence electrons. The molecule has 0 radical (unpaired) electrons. The minimum absolute atomic E-state index is 0.0541. The minimum atomic E-state index is -1.16. The topological polar surface area (TPSA) is 104 Å². The number of nitrogens with one attached hydrogen (secondary N) is 1. The summed E-state index contributed by atoms with van der Waals surface area (Å²) in [6.45, 7) is 3.49. The van der Waals surface area contributed by atoms with Gasteiger partial charge in [-0.3, -0.25) is 19.3 Å². The number of nitrogens with zero attached hydrogens (tertiary/aromatic N) is 1. The molecule has 8 heteroatoms. The summed E-state index contributed by atoms with van der Waals surface area (Å²) in [6.07, 6.45) is 0.786. The Balaban J connectivity index is 2.56. The molecular formula is C12H18N2O5S. The van der Waals surface area contributed by atoms with E-state index in [4.69, 9.17) is 5.11 Å². The fourth-order valence-corrected chi connectivity index (χ4v) is 3.05. The molecule has 0 aliphatic carbocycles. The number of aliphatic carboxylic acids is 1. The highest BCUT2D eigenvalue weighted by Crippen LogP contribution is 2.25. The first-order valence-electron chi connectivity index (χ1n) is 6.32. The van der Waals surface area contributed by atoms with Crippen molar-refractivity contribution in [2.45, 2.75) is 38.0 Å². The maximum atomic E-state index is 12.0. The van der Waals surface area contributed by atoms with Crippen molar-refractivity contribution in [3.63, 3.8) is 0 Å². The van der Waals surface area contributed by atoms with Gasteiger partial charge in [0.1, 0.15) is 6.04 Å². The number of amides is 3. The zero-order valence-corrected chi connectivity index (χ0v) is 12.2. The fourth-order valence-electron chi connectivity index (χ4n) is 1.87. The van der Waals surface area contributed by atoms with Crippen LogP contribution in [0, 0.1) is 0 Å². The molecule has 0 aromatic heterocycles. The van der Waals surface area contributed by atoms with Crippen molar-refractivity contribution in [2.75, 3.05) is 12.3 Å². The van der Waals surface area contributed by atoms with Crippen LogP contribution in [0.3, 0.4) is 0 Å². The van der Waals surface area contributed by atoms with Gasteiger partial charge in [-0.25, -0.2) is 4.79 Å². The Hall–Kier alpha value is -1.57. The Kier molecular flexibility index (Phi) is 6.00. The van der Waals surface area contributed by atoms with E-state index in [1.807, 2.05) is 6.92 Å². The monoisotopic (exact) mass is 302 g/mol. The molecule has 20 heavy (non-hydrogen) atoms. The molecule has 1 rings (SSSR count). The van der Waals surface area contributed by atoms with Gasteiger partial charge >= 0.3 is 5.97 Å². The molecule has 2 atom stereocenters. The SMILES string of the molecule is CCCN1C(=O)CC(SCC(NC(C)=O)C(=O)O)C1=O. The zero-order chi connectivity index (χ0) is 15.3. The Morgan fingerprint density at radius 1 is 1.50 bits per heavy atom. The molecule has 2 unspecified atom stereocenters. The third-order valence-electron chi connectivity index (χ3n) is 2.79. The Bertz CT molecular complexity index is 426. The van der Waals surface area contributed by atoms with Crippen molar-refractivity contribution in [1.82, 2.24) is 10.2 Å². The predicted octanol–water partition coefficient (Wildman–Crippen LogP) is -0.154. The lowest BCUT2D eigenvalue weighted by molar-refractivity contribution is -0.141. The van der Waals surface area contributed by atoms with Crippen LogP contribution in [0.25, 0.3) is 0 Å². The van der Waals surface area contributed by atoms with Crippen LogP contribution in [0.2, 0.25) is 0 Å². The van der Waals surface area contributed by atoms with Crippen molar-refractivity contribution in [3.05, 3.63) is 0 Å². The van der Waals surface area contributed by atoms with Gasteiger partial charge in [0.05, 0.1) is 5.25 Å². The van der Waals surface area contributed by atoms with Gasteiger partial charge in [-0.15, -0.1) is 11.8 Å². The Morgan fingerprint density at radius 2 is 2.15 bits per heavy atom. The summed E-state index contributed by atoms with van der Waals surface area (Å²) < 4.78 is 0. The van der Waals surface area contributed by atoms with Gasteiger partial charge in [-0.1, -0.05) is 6.92 Å². The second kappa shape index (κ2) is 7.28. The number of hydrogen-bond donors (Lipinski definition) is 2. The largest absolute Gasteiger partial charge is 0.480 e. The van der Waals surface area contributed by atoms with E-state index >= 15 is 0 Å². The van der Waals surface area contributed by atoms with Crippen LogP contribution < -0.4 is 5.32 Å². The van der Waals surface area contributed by atoms with Crippen molar-refractivity contribution in [3.8, 4) is 0 Å². The first-order valence-corrected chi connectivity index (χ1v) is 7.37. The minimum Gasteiger partial charge on any atom is -0.480 e. The average molecular weight is 302 g/mol. The summed E-state index contributed by atoms with van der Waals surface area (Å²) in [5.74, 6) is -2.04. The number of carbonyl (C=O) groups is 4. The summed E-state index contributed by atoms with van der Waals surface area (Å²) in [7, 11) is 0. The zero-order valence-electron chi connectivity index (χ0n) is 11.4. The van der Waals surface area contributed by atoms with E-state index in [-0.39, 0.29) is 24.0 Å². The normalized spacial score (nSPS) is 20.1. The molecule has 2 N–H and O–H groups in total. The highest BCUT2D eigenvalue weighted by atomic mass is 32.2. The number of carboxylic acids is 1. The predicted molar refractivity (Wildman–Crippen MR) is 73.1 cm³/mol. The lowest BCUT2D eigenvalue weighted by Gasteiger charge is -2.16. The van der Waals surface area contributed by atoms with Crippen LogP contribution in [0.4, 0.5) is 0 Å². The van der Waals surface area contributed by atoms with Gasteiger partial charge in [-0.2, -0.15) is 0 Å².